The molecular weight excluding hydrogens is 430 g/mol. The van der Waals surface area contributed by atoms with Crippen LogP contribution in [0.1, 0.15) is 35.2 Å². The summed E-state index contributed by atoms with van der Waals surface area (Å²) in [5.41, 5.74) is 2.98. The Bertz CT molecular complexity index is 1250. The van der Waals surface area contributed by atoms with E-state index in [1.807, 2.05) is 62.4 Å². The number of hydrogen-bond acceptors (Lipinski definition) is 5. The highest BCUT2D eigenvalue weighted by atomic mass is 16.5. The van der Waals surface area contributed by atoms with Gasteiger partial charge in [-0.1, -0.05) is 42.5 Å². The molecule has 0 radical (unpaired) electrons. The van der Waals surface area contributed by atoms with Gasteiger partial charge in [-0.05, 0) is 55.3 Å². The van der Waals surface area contributed by atoms with E-state index in [1.54, 1.807) is 31.4 Å². The van der Waals surface area contributed by atoms with Gasteiger partial charge in [-0.2, -0.15) is 0 Å². The average molecular weight is 458 g/mol. The van der Waals surface area contributed by atoms with Gasteiger partial charge in [0.1, 0.15) is 17.3 Å². The van der Waals surface area contributed by atoms with Crippen LogP contribution in [0.3, 0.4) is 0 Å². The number of likely N-dealkylation sites (tertiary alicyclic amines) is 1. The summed E-state index contributed by atoms with van der Waals surface area (Å²) in [7, 11) is 1.57. The van der Waals surface area contributed by atoms with Crippen LogP contribution in [0.4, 0.5) is 0 Å². The zero-order valence-corrected chi connectivity index (χ0v) is 19.4. The van der Waals surface area contributed by atoms with Crippen molar-refractivity contribution in [2.24, 2.45) is 0 Å². The summed E-state index contributed by atoms with van der Waals surface area (Å²) in [6.07, 6.45) is 0. The van der Waals surface area contributed by atoms with Crippen LogP contribution in [-0.4, -0.2) is 35.4 Å². The SMILES string of the molecule is CCOc1ccc(/C(O)=C2\C(=O)C(=O)N(Cc3ccccc3OC)C2c2ccccc2C)cc1. The Kier molecular flexibility index (Phi) is 6.68. The van der Waals surface area contributed by atoms with Crippen LogP contribution in [0.25, 0.3) is 5.76 Å². The molecule has 1 saturated heterocycles. The number of nitrogens with zero attached hydrogens (tertiary/aromatic N) is 1. The molecule has 1 aliphatic rings. The third-order valence-corrected chi connectivity index (χ3v) is 5.99. The maximum atomic E-state index is 13.3. The highest BCUT2D eigenvalue weighted by molar-refractivity contribution is 6.46. The van der Waals surface area contributed by atoms with Crippen LogP contribution in [0.2, 0.25) is 0 Å². The lowest BCUT2D eigenvalue weighted by atomic mass is 9.92. The molecule has 0 bridgehead atoms. The summed E-state index contributed by atoms with van der Waals surface area (Å²) in [4.78, 5) is 28.0. The molecule has 1 fully saturated rings. The van der Waals surface area contributed by atoms with E-state index < -0.39 is 17.7 Å². The van der Waals surface area contributed by atoms with Gasteiger partial charge in [-0.3, -0.25) is 9.59 Å². The number of carbonyl (C=O) groups is 2. The first-order valence-electron chi connectivity index (χ1n) is 11.1. The Labute approximate surface area is 199 Å². The monoisotopic (exact) mass is 457 g/mol. The lowest BCUT2D eigenvalue weighted by Crippen LogP contribution is -2.29. The Hall–Kier alpha value is -4.06. The van der Waals surface area contributed by atoms with Gasteiger partial charge in [0, 0.05) is 11.1 Å². The molecule has 3 aromatic rings. The van der Waals surface area contributed by atoms with Gasteiger partial charge in [0.05, 0.1) is 31.9 Å². The summed E-state index contributed by atoms with van der Waals surface area (Å²) < 4.78 is 10.9. The largest absolute Gasteiger partial charge is 0.507 e. The zero-order chi connectivity index (χ0) is 24.2. The van der Waals surface area contributed by atoms with Crippen LogP contribution in [0.15, 0.2) is 78.4 Å². The van der Waals surface area contributed by atoms with E-state index in [-0.39, 0.29) is 17.9 Å². The lowest BCUT2D eigenvalue weighted by Gasteiger charge is -2.27. The molecule has 1 aliphatic heterocycles. The normalized spacial score (nSPS) is 17.1. The van der Waals surface area contributed by atoms with E-state index in [0.29, 0.717) is 23.7 Å². The first kappa shape index (κ1) is 23.1. The number of methoxy groups -OCH3 is 1. The van der Waals surface area contributed by atoms with Crippen molar-refractivity contribution in [2.75, 3.05) is 13.7 Å². The standard InChI is InChI=1S/C28H27NO5/c1-4-34-21-15-13-19(14-16-21)26(30)24-25(22-11-7-5-9-18(22)2)29(28(32)27(24)31)17-20-10-6-8-12-23(20)33-3/h5-16,25,30H,4,17H2,1-3H3/b26-24+. The quantitative estimate of drug-likeness (QED) is 0.306. The number of benzene rings is 3. The second kappa shape index (κ2) is 9.83. The smallest absolute Gasteiger partial charge is 0.295 e. The fourth-order valence-electron chi connectivity index (χ4n) is 4.31. The number of ether oxygens (including phenoxy) is 2. The van der Waals surface area contributed by atoms with Crippen LogP contribution in [0.5, 0.6) is 11.5 Å². The fourth-order valence-corrected chi connectivity index (χ4v) is 4.31. The van der Waals surface area contributed by atoms with Gasteiger partial charge >= 0.3 is 0 Å². The summed E-state index contributed by atoms with van der Waals surface area (Å²) in [6, 6.07) is 21.0. The maximum Gasteiger partial charge on any atom is 0.295 e. The van der Waals surface area contributed by atoms with E-state index in [4.69, 9.17) is 9.47 Å². The Balaban J connectivity index is 1.85. The number of rotatable bonds is 7. The first-order valence-corrected chi connectivity index (χ1v) is 11.1. The van der Waals surface area contributed by atoms with Gasteiger partial charge < -0.3 is 19.5 Å². The third kappa shape index (κ3) is 4.27. The lowest BCUT2D eigenvalue weighted by molar-refractivity contribution is -0.140. The number of hydrogen-bond donors (Lipinski definition) is 1. The molecule has 1 unspecified atom stereocenters. The van der Waals surface area contributed by atoms with Crippen LogP contribution >= 0.6 is 0 Å². The second-order valence-corrected chi connectivity index (χ2v) is 8.05. The molecule has 0 saturated carbocycles. The highest BCUT2D eigenvalue weighted by Crippen LogP contribution is 2.42. The second-order valence-electron chi connectivity index (χ2n) is 8.05. The molecule has 174 valence electrons. The third-order valence-electron chi connectivity index (χ3n) is 5.99. The van der Waals surface area contributed by atoms with Crippen molar-refractivity contribution < 1.29 is 24.2 Å². The molecule has 34 heavy (non-hydrogen) atoms. The minimum absolute atomic E-state index is 0.0679. The summed E-state index contributed by atoms with van der Waals surface area (Å²) in [5, 5.41) is 11.3. The Morgan fingerprint density at radius 1 is 0.971 bits per heavy atom. The van der Waals surface area contributed by atoms with Gasteiger partial charge in [0.15, 0.2) is 0 Å². The molecular formula is C28H27NO5. The molecule has 1 atom stereocenters. The van der Waals surface area contributed by atoms with E-state index >= 15 is 0 Å². The predicted octanol–water partition coefficient (Wildman–Crippen LogP) is 5.02. The van der Waals surface area contributed by atoms with Crippen molar-refractivity contribution in [3.05, 3.63) is 101 Å². The van der Waals surface area contributed by atoms with E-state index in [2.05, 4.69) is 0 Å². The van der Waals surface area contributed by atoms with Crippen molar-refractivity contribution >= 4 is 17.4 Å². The predicted molar refractivity (Wildman–Crippen MR) is 130 cm³/mol. The number of carbonyl (C=O) groups excluding carboxylic acids is 2. The van der Waals surface area contributed by atoms with E-state index in [0.717, 1.165) is 16.7 Å². The molecule has 4 rings (SSSR count). The van der Waals surface area contributed by atoms with Gasteiger partial charge in [-0.25, -0.2) is 0 Å². The van der Waals surface area contributed by atoms with Crippen molar-refractivity contribution in [2.45, 2.75) is 26.4 Å². The molecule has 0 aliphatic carbocycles. The average Bonchev–Trinajstić information content (AvgIpc) is 3.10. The number of aliphatic hydroxyl groups is 1. The number of aliphatic hydroxyl groups excluding tert-OH is 1. The Morgan fingerprint density at radius 2 is 1.65 bits per heavy atom. The summed E-state index contributed by atoms with van der Waals surface area (Å²) >= 11 is 0. The molecule has 3 aromatic carbocycles. The molecule has 1 amide bonds. The fraction of sp³-hybridized carbons (Fsp3) is 0.214. The first-order chi connectivity index (χ1) is 16.5. The number of Topliss-reactive ketones (excluding diaryl/α,β-unsaturated/α-hetero) is 1. The summed E-state index contributed by atoms with van der Waals surface area (Å²) in [5.74, 6) is -0.302. The van der Waals surface area contributed by atoms with E-state index in [1.165, 1.54) is 4.90 Å². The molecule has 0 spiro atoms. The van der Waals surface area contributed by atoms with Crippen molar-refractivity contribution in [1.82, 2.24) is 4.90 Å². The number of ketones is 1. The number of para-hydroxylation sites is 1. The topological polar surface area (TPSA) is 76.1 Å². The number of aryl methyl sites for hydroxylation is 1. The number of amides is 1. The van der Waals surface area contributed by atoms with E-state index in [9.17, 15) is 14.7 Å². The van der Waals surface area contributed by atoms with Crippen LogP contribution < -0.4 is 9.47 Å². The zero-order valence-electron chi connectivity index (χ0n) is 19.4. The van der Waals surface area contributed by atoms with Gasteiger partial charge in [0.25, 0.3) is 11.7 Å². The maximum absolute atomic E-state index is 13.3. The van der Waals surface area contributed by atoms with Crippen molar-refractivity contribution in [3.63, 3.8) is 0 Å². The molecule has 1 heterocycles. The van der Waals surface area contributed by atoms with Gasteiger partial charge in [-0.15, -0.1) is 0 Å². The van der Waals surface area contributed by atoms with Crippen molar-refractivity contribution in [3.8, 4) is 11.5 Å². The molecule has 6 heteroatoms. The minimum atomic E-state index is -0.738. The van der Waals surface area contributed by atoms with Crippen LogP contribution in [-0.2, 0) is 16.1 Å². The van der Waals surface area contributed by atoms with Gasteiger partial charge in [0.2, 0.25) is 0 Å². The van der Waals surface area contributed by atoms with Crippen molar-refractivity contribution in [1.29, 1.82) is 0 Å². The molecule has 1 N–H and O–H groups in total. The van der Waals surface area contributed by atoms with Crippen LogP contribution in [0, 0.1) is 6.92 Å². The minimum Gasteiger partial charge on any atom is -0.507 e. The highest BCUT2D eigenvalue weighted by Gasteiger charge is 2.46. The summed E-state index contributed by atoms with van der Waals surface area (Å²) in [6.45, 7) is 4.50. The molecule has 6 nitrogen and oxygen atoms in total. The Morgan fingerprint density at radius 3 is 2.32 bits per heavy atom. The molecule has 0 aromatic heterocycles.